The van der Waals surface area contributed by atoms with Crippen LogP contribution in [0.15, 0.2) is 71.8 Å². The largest absolute Gasteiger partial charge is 0.508 e. The molecular formula is C32H46N2O4. The van der Waals surface area contributed by atoms with E-state index >= 15 is 0 Å². The molecule has 0 saturated carbocycles. The van der Waals surface area contributed by atoms with Gasteiger partial charge in [0.15, 0.2) is 0 Å². The number of aromatic hydroxyl groups is 1. The number of benzene rings is 2. The summed E-state index contributed by atoms with van der Waals surface area (Å²) in [5.41, 5.74) is 3.99. The van der Waals surface area contributed by atoms with Gasteiger partial charge in [0.05, 0.1) is 7.11 Å². The zero-order chi connectivity index (χ0) is 28.1. The molecule has 208 valence electrons. The third-order valence-corrected chi connectivity index (χ3v) is 6.33. The number of hydrogen-bond donors (Lipinski definition) is 2. The molecule has 1 unspecified atom stereocenters. The Hall–Kier alpha value is -3.54. The number of phenols is 1. The number of nitrogens with one attached hydrogen (secondary N) is 1. The normalized spacial score (nSPS) is 13.4. The number of amides is 2. The van der Waals surface area contributed by atoms with Crippen molar-refractivity contribution in [3.8, 4) is 11.5 Å². The highest BCUT2D eigenvalue weighted by Gasteiger charge is 2.33. The lowest BCUT2D eigenvalue weighted by Gasteiger charge is -2.35. The van der Waals surface area contributed by atoms with Crippen LogP contribution in [0.1, 0.15) is 78.9 Å². The van der Waals surface area contributed by atoms with E-state index in [1.165, 1.54) is 12.0 Å². The highest BCUT2D eigenvalue weighted by atomic mass is 16.5. The van der Waals surface area contributed by atoms with Gasteiger partial charge in [-0.3, -0.25) is 9.59 Å². The number of allylic oxidation sites excluding steroid dienone is 2. The van der Waals surface area contributed by atoms with Crippen LogP contribution < -0.4 is 10.1 Å². The maximum Gasteiger partial charge on any atom is 0.247 e. The Morgan fingerprint density at radius 3 is 2.18 bits per heavy atom. The molecule has 0 radical (unpaired) electrons. The first-order chi connectivity index (χ1) is 18.2. The van der Waals surface area contributed by atoms with Gasteiger partial charge < -0.3 is 20.1 Å². The van der Waals surface area contributed by atoms with Crippen LogP contribution in [0.2, 0.25) is 0 Å². The van der Waals surface area contributed by atoms with Crippen molar-refractivity contribution in [2.75, 3.05) is 13.7 Å². The molecule has 0 aliphatic heterocycles. The molecular weight excluding hydrogens is 476 g/mol. The van der Waals surface area contributed by atoms with Crippen molar-refractivity contribution in [2.24, 2.45) is 0 Å². The summed E-state index contributed by atoms with van der Waals surface area (Å²) in [6.07, 6.45) is 8.38. The maximum atomic E-state index is 13.6. The molecule has 0 saturated heterocycles. The molecule has 6 nitrogen and oxygen atoms in total. The van der Waals surface area contributed by atoms with Crippen LogP contribution in [0.4, 0.5) is 0 Å². The van der Waals surface area contributed by atoms with E-state index in [2.05, 4.69) is 38.2 Å². The van der Waals surface area contributed by atoms with Crippen LogP contribution in [0.5, 0.6) is 11.5 Å². The minimum absolute atomic E-state index is 0. The highest BCUT2D eigenvalue weighted by Crippen LogP contribution is 2.27. The average molecular weight is 523 g/mol. The maximum absolute atomic E-state index is 13.6. The SMILES string of the molecule is CCC.COc1ccc(C(C(=O)NCC2=CCCC=C2C)N(C(=O)CCc2ccc(O)cc2)C(C)C)cc1.[HH]. The predicted octanol–water partition coefficient (Wildman–Crippen LogP) is 6.76. The van der Waals surface area contributed by atoms with Crippen molar-refractivity contribution in [2.45, 2.75) is 78.8 Å². The third kappa shape index (κ3) is 9.09. The highest BCUT2D eigenvalue weighted by molar-refractivity contribution is 5.89. The predicted molar refractivity (Wildman–Crippen MR) is 156 cm³/mol. The van der Waals surface area contributed by atoms with Gasteiger partial charge in [-0.25, -0.2) is 0 Å². The van der Waals surface area contributed by atoms with Gasteiger partial charge in [0.2, 0.25) is 11.8 Å². The number of aryl methyl sites for hydroxylation is 1. The molecule has 1 atom stereocenters. The van der Waals surface area contributed by atoms with Crippen LogP contribution >= 0.6 is 0 Å². The number of methoxy groups -OCH3 is 1. The summed E-state index contributed by atoms with van der Waals surface area (Å²) in [5, 5.41) is 12.6. The lowest BCUT2D eigenvalue weighted by atomic mass is 9.98. The zero-order valence-electron chi connectivity index (χ0n) is 23.8. The van der Waals surface area contributed by atoms with E-state index in [1.54, 1.807) is 24.1 Å². The van der Waals surface area contributed by atoms with Gasteiger partial charge in [-0.2, -0.15) is 0 Å². The van der Waals surface area contributed by atoms with Crippen LogP contribution in [-0.2, 0) is 16.0 Å². The van der Waals surface area contributed by atoms with E-state index in [9.17, 15) is 14.7 Å². The number of phenolic OH excluding ortho intramolecular Hbond substituents is 1. The Balaban J connectivity index is 0.00000181. The van der Waals surface area contributed by atoms with Crippen molar-refractivity contribution in [3.05, 3.63) is 83.0 Å². The molecule has 0 fully saturated rings. The van der Waals surface area contributed by atoms with E-state index in [0.717, 1.165) is 29.5 Å². The number of hydrogen-bond acceptors (Lipinski definition) is 4. The minimum Gasteiger partial charge on any atom is -0.508 e. The van der Waals surface area contributed by atoms with Gasteiger partial charge in [-0.1, -0.05) is 62.3 Å². The van der Waals surface area contributed by atoms with Crippen LogP contribution in [0.3, 0.4) is 0 Å². The van der Waals surface area contributed by atoms with Crippen molar-refractivity contribution in [3.63, 3.8) is 0 Å². The molecule has 0 spiro atoms. The number of ether oxygens (including phenoxy) is 1. The molecule has 0 bridgehead atoms. The molecule has 1 aliphatic rings. The number of carbonyl (C=O) groups is 2. The van der Waals surface area contributed by atoms with E-state index in [1.807, 2.05) is 50.2 Å². The molecule has 2 aromatic rings. The summed E-state index contributed by atoms with van der Waals surface area (Å²) in [4.78, 5) is 28.8. The van der Waals surface area contributed by atoms with Crippen LogP contribution in [0, 0.1) is 0 Å². The fourth-order valence-electron chi connectivity index (χ4n) is 4.34. The van der Waals surface area contributed by atoms with Gasteiger partial charge in [-0.05, 0) is 81.0 Å². The molecule has 6 heteroatoms. The summed E-state index contributed by atoms with van der Waals surface area (Å²) >= 11 is 0. The molecule has 0 heterocycles. The van der Waals surface area contributed by atoms with E-state index in [0.29, 0.717) is 18.7 Å². The Labute approximate surface area is 229 Å². The number of carbonyl (C=O) groups excluding carboxylic acids is 2. The summed E-state index contributed by atoms with van der Waals surface area (Å²) in [6, 6.07) is 13.2. The summed E-state index contributed by atoms with van der Waals surface area (Å²) in [7, 11) is 1.60. The van der Waals surface area contributed by atoms with E-state index in [-0.39, 0.29) is 31.5 Å². The standard InChI is InChI=1S/C29H36N2O4.C3H8.H2/c1-20(2)31(27(33)18-11-22-9-14-25(32)15-10-22)28(23-12-16-26(35-4)17-13-23)29(34)30-19-24-8-6-5-7-21(24)3;1-3-2;/h7-10,12-17,20,28,32H,5-6,11,18-19H2,1-4H3,(H,30,34);3H2,1-2H3;1H. The van der Waals surface area contributed by atoms with Crippen molar-refractivity contribution in [1.82, 2.24) is 10.2 Å². The Bertz CT molecular complexity index is 1090. The summed E-state index contributed by atoms with van der Waals surface area (Å²) < 4.78 is 5.29. The second kappa shape index (κ2) is 15.7. The Kier molecular flexibility index (Phi) is 12.6. The lowest BCUT2D eigenvalue weighted by Crippen LogP contribution is -2.47. The molecule has 2 N–H and O–H groups in total. The lowest BCUT2D eigenvalue weighted by molar-refractivity contribution is -0.142. The van der Waals surface area contributed by atoms with E-state index in [4.69, 9.17) is 4.74 Å². The molecule has 1 aliphatic carbocycles. The second-order valence-corrected chi connectivity index (χ2v) is 9.86. The monoisotopic (exact) mass is 522 g/mol. The first-order valence-corrected chi connectivity index (χ1v) is 13.6. The minimum atomic E-state index is -0.762. The topological polar surface area (TPSA) is 78.9 Å². The summed E-state index contributed by atoms with van der Waals surface area (Å²) in [6.45, 7) is 10.6. The van der Waals surface area contributed by atoms with Crippen LogP contribution in [-0.4, -0.2) is 41.5 Å². The smallest absolute Gasteiger partial charge is 0.247 e. The first-order valence-electron chi connectivity index (χ1n) is 13.6. The zero-order valence-corrected chi connectivity index (χ0v) is 23.8. The van der Waals surface area contributed by atoms with Crippen molar-refractivity contribution in [1.29, 1.82) is 0 Å². The second-order valence-electron chi connectivity index (χ2n) is 9.86. The van der Waals surface area contributed by atoms with Crippen LogP contribution in [0.25, 0.3) is 0 Å². The number of nitrogens with zero attached hydrogens (tertiary/aromatic N) is 1. The van der Waals surface area contributed by atoms with E-state index < -0.39 is 6.04 Å². The molecule has 0 aromatic heterocycles. The van der Waals surface area contributed by atoms with Gasteiger partial charge in [0.25, 0.3) is 0 Å². The quantitative estimate of drug-likeness (QED) is 0.361. The van der Waals surface area contributed by atoms with Gasteiger partial charge in [0.1, 0.15) is 17.5 Å². The fourth-order valence-corrected chi connectivity index (χ4v) is 4.34. The van der Waals surface area contributed by atoms with Gasteiger partial charge in [-0.15, -0.1) is 0 Å². The van der Waals surface area contributed by atoms with Crippen molar-refractivity contribution < 1.29 is 20.9 Å². The molecule has 2 amide bonds. The van der Waals surface area contributed by atoms with Crippen molar-refractivity contribution >= 4 is 11.8 Å². The first kappa shape index (κ1) is 30.7. The Morgan fingerprint density at radius 1 is 1.03 bits per heavy atom. The Morgan fingerprint density at radius 2 is 1.63 bits per heavy atom. The molecule has 3 rings (SSSR count). The number of rotatable bonds is 10. The third-order valence-electron chi connectivity index (χ3n) is 6.33. The molecule has 2 aromatic carbocycles. The van der Waals surface area contributed by atoms with Gasteiger partial charge in [0, 0.05) is 20.4 Å². The summed E-state index contributed by atoms with van der Waals surface area (Å²) in [5.74, 6) is 0.576. The molecule has 38 heavy (non-hydrogen) atoms. The average Bonchev–Trinajstić information content (AvgIpc) is 2.91. The fraction of sp³-hybridized carbons (Fsp3) is 0.438. The van der Waals surface area contributed by atoms with Gasteiger partial charge >= 0.3 is 0 Å².